The second kappa shape index (κ2) is 5.29. The zero-order valence-electron chi connectivity index (χ0n) is 6.38. The van der Waals surface area contributed by atoms with Gasteiger partial charge < -0.3 is 4.74 Å². The monoisotopic (exact) mass is 161 g/mol. The summed E-state index contributed by atoms with van der Waals surface area (Å²) in [4.78, 5) is 14.6. The lowest BCUT2D eigenvalue weighted by Gasteiger charge is -1.99. The first-order valence-electron chi connectivity index (χ1n) is 2.94. The number of carbonyl (C=O) groups excluding carboxylic acids is 1. The van der Waals surface area contributed by atoms with E-state index >= 15 is 0 Å². The summed E-state index contributed by atoms with van der Waals surface area (Å²) in [6.07, 6.45) is 1.79. The van der Waals surface area contributed by atoms with E-state index in [2.05, 4.69) is 4.99 Å². The molecule has 58 valence electrons. The van der Waals surface area contributed by atoms with Crippen molar-refractivity contribution in [3.63, 3.8) is 0 Å². The molecule has 3 nitrogen and oxygen atoms in total. The standard InChI is InChI=1S/C6H11NO2S/c1-4-9-6(8)5(7-2)10-3/h4H2,1-3H3. The van der Waals surface area contributed by atoms with Crippen molar-refractivity contribution in [1.82, 2.24) is 0 Å². The van der Waals surface area contributed by atoms with Gasteiger partial charge in [-0.15, -0.1) is 11.8 Å². The van der Waals surface area contributed by atoms with Crippen molar-refractivity contribution in [3.8, 4) is 0 Å². The van der Waals surface area contributed by atoms with Gasteiger partial charge >= 0.3 is 5.97 Å². The van der Waals surface area contributed by atoms with Gasteiger partial charge in [0.1, 0.15) is 0 Å². The van der Waals surface area contributed by atoms with E-state index in [0.29, 0.717) is 11.7 Å². The molecule has 0 N–H and O–H groups in total. The fraction of sp³-hybridized carbons (Fsp3) is 0.667. The van der Waals surface area contributed by atoms with Crippen LogP contribution in [0.2, 0.25) is 0 Å². The molecule has 0 unspecified atom stereocenters. The number of hydrogen-bond acceptors (Lipinski definition) is 4. The average Bonchev–Trinajstić information content (AvgIpc) is 1.91. The number of hydrogen-bond donors (Lipinski definition) is 0. The minimum absolute atomic E-state index is 0.336. The highest BCUT2D eigenvalue weighted by molar-refractivity contribution is 8.15. The number of carbonyl (C=O) groups is 1. The van der Waals surface area contributed by atoms with Gasteiger partial charge in [-0.2, -0.15) is 0 Å². The highest BCUT2D eigenvalue weighted by Gasteiger charge is 2.08. The van der Waals surface area contributed by atoms with Crippen molar-refractivity contribution in [2.24, 2.45) is 4.99 Å². The highest BCUT2D eigenvalue weighted by Crippen LogP contribution is 1.99. The first kappa shape index (κ1) is 9.49. The maximum atomic E-state index is 10.8. The van der Waals surface area contributed by atoms with E-state index in [-0.39, 0.29) is 5.97 Å². The molecule has 0 amide bonds. The van der Waals surface area contributed by atoms with Gasteiger partial charge in [-0.05, 0) is 13.2 Å². The zero-order valence-corrected chi connectivity index (χ0v) is 7.20. The van der Waals surface area contributed by atoms with Crippen LogP contribution < -0.4 is 0 Å². The molecule has 0 bridgehead atoms. The lowest BCUT2D eigenvalue weighted by molar-refractivity contribution is -0.134. The molecule has 0 aromatic rings. The fourth-order valence-electron chi connectivity index (χ4n) is 0.459. The molecule has 0 aliphatic carbocycles. The van der Waals surface area contributed by atoms with Crippen molar-refractivity contribution >= 4 is 22.8 Å². The van der Waals surface area contributed by atoms with E-state index in [1.165, 1.54) is 11.8 Å². The smallest absolute Gasteiger partial charge is 0.363 e. The maximum absolute atomic E-state index is 10.8. The quantitative estimate of drug-likeness (QED) is 0.326. The van der Waals surface area contributed by atoms with Gasteiger partial charge in [0.2, 0.25) is 0 Å². The summed E-state index contributed by atoms with van der Waals surface area (Å²) in [7, 11) is 1.57. The number of ether oxygens (including phenoxy) is 1. The molecule has 0 radical (unpaired) electrons. The Balaban J connectivity index is 3.91. The fourth-order valence-corrected chi connectivity index (χ4v) is 0.867. The Bertz CT molecular complexity index is 145. The molecule has 0 aromatic heterocycles. The van der Waals surface area contributed by atoms with E-state index in [1.54, 1.807) is 20.2 Å². The summed E-state index contributed by atoms with van der Waals surface area (Å²) in [6, 6.07) is 0. The van der Waals surface area contributed by atoms with Crippen molar-refractivity contribution in [2.75, 3.05) is 19.9 Å². The number of rotatable bonds is 1. The van der Waals surface area contributed by atoms with E-state index in [4.69, 9.17) is 4.74 Å². The topological polar surface area (TPSA) is 38.7 Å². The van der Waals surface area contributed by atoms with Crippen LogP contribution in [-0.2, 0) is 9.53 Å². The minimum Gasteiger partial charge on any atom is -0.461 e. The second-order valence-corrected chi connectivity index (χ2v) is 2.25. The van der Waals surface area contributed by atoms with Crippen LogP contribution in [0.15, 0.2) is 4.99 Å². The van der Waals surface area contributed by atoms with Crippen LogP contribution in [0.3, 0.4) is 0 Å². The Morgan fingerprint density at radius 1 is 1.70 bits per heavy atom. The second-order valence-electron chi connectivity index (χ2n) is 1.45. The Morgan fingerprint density at radius 2 is 2.30 bits per heavy atom. The highest BCUT2D eigenvalue weighted by atomic mass is 32.2. The van der Waals surface area contributed by atoms with Crippen molar-refractivity contribution in [1.29, 1.82) is 0 Å². The summed E-state index contributed by atoms with van der Waals surface area (Å²) in [5.41, 5.74) is 0. The van der Waals surface area contributed by atoms with E-state index in [1.807, 2.05) is 0 Å². The molecule has 0 saturated carbocycles. The molecular weight excluding hydrogens is 150 g/mol. The summed E-state index contributed by atoms with van der Waals surface area (Å²) >= 11 is 1.29. The van der Waals surface area contributed by atoms with Gasteiger partial charge in [0.25, 0.3) is 0 Å². The van der Waals surface area contributed by atoms with Crippen LogP contribution in [0.4, 0.5) is 0 Å². The maximum Gasteiger partial charge on any atom is 0.363 e. The Kier molecular flexibility index (Phi) is 5.02. The van der Waals surface area contributed by atoms with Gasteiger partial charge in [-0.1, -0.05) is 0 Å². The first-order valence-corrected chi connectivity index (χ1v) is 4.16. The summed E-state index contributed by atoms with van der Waals surface area (Å²) < 4.78 is 4.70. The van der Waals surface area contributed by atoms with Gasteiger partial charge in [0.15, 0.2) is 5.04 Å². The van der Waals surface area contributed by atoms with E-state index in [9.17, 15) is 4.79 Å². The minimum atomic E-state index is -0.336. The lowest BCUT2D eigenvalue weighted by Crippen LogP contribution is -2.13. The predicted molar refractivity (Wildman–Crippen MR) is 43.5 cm³/mol. The molecule has 0 aliphatic rings. The third-order valence-electron chi connectivity index (χ3n) is 0.846. The van der Waals surface area contributed by atoms with E-state index in [0.717, 1.165) is 0 Å². The van der Waals surface area contributed by atoms with Gasteiger partial charge in [-0.25, -0.2) is 4.79 Å². The van der Waals surface area contributed by atoms with Crippen LogP contribution in [0.5, 0.6) is 0 Å². The van der Waals surface area contributed by atoms with Crippen molar-refractivity contribution in [3.05, 3.63) is 0 Å². The van der Waals surface area contributed by atoms with Crippen LogP contribution in [0, 0.1) is 0 Å². The zero-order chi connectivity index (χ0) is 7.98. The molecule has 0 aromatic carbocycles. The van der Waals surface area contributed by atoms with Crippen molar-refractivity contribution in [2.45, 2.75) is 6.92 Å². The predicted octanol–water partition coefficient (Wildman–Crippen LogP) is 0.941. The summed E-state index contributed by atoms with van der Waals surface area (Å²) in [5, 5.41) is 0.418. The average molecular weight is 161 g/mol. The molecule has 0 fully saturated rings. The molecule has 0 atom stereocenters. The number of nitrogens with zero attached hydrogens (tertiary/aromatic N) is 1. The van der Waals surface area contributed by atoms with Crippen LogP contribution in [0.1, 0.15) is 6.92 Å². The molecule has 10 heavy (non-hydrogen) atoms. The van der Waals surface area contributed by atoms with E-state index < -0.39 is 0 Å². The van der Waals surface area contributed by atoms with Gasteiger partial charge in [0.05, 0.1) is 6.61 Å². The molecule has 0 aliphatic heterocycles. The van der Waals surface area contributed by atoms with Gasteiger partial charge in [-0.3, -0.25) is 4.99 Å². The third kappa shape index (κ3) is 2.87. The van der Waals surface area contributed by atoms with Crippen molar-refractivity contribution < 1.29 is 9.53 Å². The molecule has 4 heteroatoms. The van der Waals surface area contributed by atoms with Gasteiger partial charge in [0, 0.05) is 7.05 Å². The van der Waals surface area contributed by atoms with Crippen LogP contribution in [0.25, 0.3) is 0 Å². The molecule has 0 saturated heterocycles. The largest absolute Gasteiger partial charge is 0.461 e. The number of esters is 1. The lowest BCUT2D eigenvalue weighted by atomic mass is 10.7. The summed E-state index contributed by atoms with van der Waals surface area (Å²) in [6.45, 7) is 2.17. The first-order chi connectivity index (χ1) is 4.76. The van der Waals surface area contributed by atoms with Crippen LogP contribution >= 0.6 is 11.8 Å². The molecule has 0 heterocycles. The number of thioether (sulfide) groups is 1. The Hall–Kier alpha value is -0.510. The SMILES string of the molecule is CCOC(=O)C(=NC)SC. The van der Waals surface area contributed by atoms with Crippen LogP contribution in [-0.4, -0.2) is 30.9 Å². The third-order valence-corrected chi connectivity index (χ3v) is 1.58. The molecule has 0 spiro atoms. The Labute approximate surface area is 64.9 Å². The molecular formula is C6H11NO2S. The molecule has 0 rings (SSSR count). The normalized spacial score (nSPS) is 11.3. The Morgan fingerprint density at radius 3 is 2.60 bits per heavy atom. The number of aliphatic imine (C=N–C) groups is 1. The summed E-state index contributed by atoms with van der Waals surface area (Å²) in [5.74, 6) is -0.336.